The molecule has 3 N–H and O–H groups in total. The molecule has 0 saturated carbocycles. The molecule has 0 aromatic carbocycles. The lowest BCUT2D eigenvalue weighted by Gasteiger charge is -2.07. The van der Waals surface area contributed by atoms with E-state index in [0.717, 1.165) is 0 Å². The number of carboxylic acids is 1. The van der Waals surface area contributed by atoms with Gasteiger partial charge in [-0.1, -0.05) is 11.6 Å². The molecular weight excluding hydrogens is 274 g/mol. The van der Waals surface area contributed by atoms with Crippen LogP contribution in [0.4, 0.5) is 5.82 Å². The van der Waals surface area contributed by atoms with E-state index in [1.807, 2.05) is 0 Å². The monoisotopic (exact) mass is 287 g/mol. The molecule has 8 heteroatoms. The Labute approximate surface area is 114 Å². The first kappa shape index (κ1) is 15.2. The van der Waals surface area contributed by atoms with Crippen LogP contribution in [0.1, 0.15) is 10.4 Å². The Morgan fingerprint density at radius 1 is 1.53 bits per heavy atom. The number of hydrogen-bond acceptors (Lipinski definition) is 5. The lowest BCUT2D eigenvalue weighted by molar-refractivity contribution is -0.119. The normalized spacial score (nSPS) is 10.0. The molecule has 0 atom stereocenters. The number of hydrogen-bond donors (Lipinski definition) is 3. The minimum absolute atomic E-state index is 0.0165. The highest BCUT2D eigenvalue weighted by molar-refractivity contribution is 6.33. The van der Waals surface area contributed by atoms with Crippen molar-refractivity contribution >= 4 is 29.3 Å². The van der Waals surface area contributed by atoms with Crippen LogP contribution in [-0.2, 0) is 9.53 Å². The lowest BCUT2D eigenvalue weighted by Crippen LogP contribution is -2.32. The molecule has 0 spiro atoms. The van der Waals surface area contributed by atoms with Gasteiger partial charge < -0.3 is 20.5 Å². The standard InChI is InChI=1S/C11H14ClN3O4/c1-19-3-2-13-10(16)6-15-9-4-7(11(17)18)8(12)5-14-9/h4-5H,2-3,6H2,1H3,(H,13,16)(H,14,15)(H,17,18). The molecule has 0 radical (unpaired) electrons. The first-order valence-corrected chi connectivity index (χ1v) is 5.80. The summed E-state index contributed by atoms with van der Waals surface area (Å²) in [4.78, 5) is 26.1. The number of methoxy groups -OCH3 is 1. The summed E-state index contributed by atoms with van der Waals surface area (Å²) in [7, 11) is 1.54. The van der Waals surface area contributed by atoms with Gasteiger partial charge in [-0.3, -0.25) is 4.79 Å². The number of carbonyl (C=O) groups is 2. The van der Waals surface area contributed by atoms with Gasteiger partial charge in [-0.05, 0) is 6.07 Å². The fourth-order valence-electron chi connectivity index (χ4n) is 1.23. The Morgan fingerprint density at radius 2 is 2.26 bits per heavy atom. The van der Waals surface area contributed by atoms with Gasteiger partial charge in [0.15, 0.2) is 0 Å². The first-order valence-electron chi connectivity index (χ1n) is 5.43. The Hall–Kier alpha value is -1.86. The fraction of sp³-hybridized carbons (Fsp3) is 0.364. The predicted octanol–water partition coefficient (Wildman–Crippen LogP) is 0.608. The maximum atomic E-state index is 11.4. The van der Waals surface area contributed by atoms with Crippen molar-refractivity contribution in [1.82, 2.24) is 10.3 Å². The van der Waals surface area contributed by atoms with Crippen LogP contribution >= 0.6 is 11.6 Å². The van der Waals surface area contributed by atoms with Gasteiger partial charge in [-0.2, -0.15) is 0 Å². The molecule has 0 aliphatic carbocycles. The Kier molecular flexibility index (Phi) is 6.04. The van der Waals surface area contributed by atoms with Crippen LogP contribution in [0.5, 0.6) is 0 Å². The SMILES string of the molecule is COCCNC(=O)CNc1cc(C(=O)O)c(Cl)cn1. The second-order valence-corrected chi connectivity index (χ2v) is 3.96. The number of ether oxygens (including phenoxy) is 1. The molecule has 1 aromatic rings. The van der Waals surface area contributed by atoms with E-state index in [1.54, 1.807) is 0 Å². The number of aromatic carboxylic acids is 1. The van der Waals surface area contributed by atoms with E-state index in [2.05, 4.69) is 15.6 Å². The van der Waals surface area contributed by atoms with Crippen LogP contribution in [0.3, 0.4) is 0 Å². The van der Waals surface area contributed by atoms with Crippen molar-refractivity contribution < 1.29 is 19.4 Å². The summed E-state index contributed by atoms with van der Waals surface area (Å²) in [5.74, 6) is -1.13. The summed E-state index contributed by atoms with van der Waals surface area (Å²) in [6, 6.07) is 1.27. The first-order chi connectivity index (χ1) is 9.04. The summed E-state index contributed by atoms with van der Waals surface area (Å²) in [6.07, 6.45) is 1.22. The molecule has 0 saturated heterocycles. The smallest absolute Gasteiger partial charge is 0.337 e. The zero-order chi connectivity index (χ0) is 14.3. The molecule has 104 valence electrons. The third-order valence-corrected chi connectivity index (χ3v) is 2.45. The van der Waals surface area contributed by atoms with Gasteiger partial charge in [0.05, 0.1) is 23.7 Å². The van der Waals surface area contributed by atoms with E-state index in [4.69, 9.17) is 21.4 Å². The van der Waals surface area contributed by atoms with Crippen molar-refractivity contribution in [3.8, 4) is 0 Å². The molecule has 0 aliphatic rings. The quantitative estimate of drug-likeness (QED) is 0.635. The molecule has 1 heterocycles. The summed E-state index contributed by atoms with van der Waals surface area (Å²) in [5, 5.41) is 14.2. The highest BCUT2D eigenvalue weighted by Crippen LogP contribution is 2.17. The highest BCUT2D eigenvalue weighted by atomic mass is 35.5. The number of halogens is 1. The Balaban J connectivity index is 2.51. The zero-order valence-corrected chi connectivity index (χ0v) is 11.0. The third-order valence-electron chi connectivity index (χ3n) is 2.14. The fourth-order valence-corrected chi connectivity index (χ4v) is 1.41. The van der Waals surface area contributed by atoms with Gasteiger partial charge in [0.1, 0.15) is 5.82 Å². The van der Waals surface area contributed by atoms with Gasteiger partial charge in [-0.25, -0.2) is 9.78 Å². The lowest BCUT2D eigenvalue weighted by atomic mass is 10.2. The second-order valence-electron chi connectivity index (χ2n) is 3.55. The molecule has 1 aromatic heterocycles. The minimum Gasteiger partial charge on any atom is -0.478 e. The average molecular weight is 288 g/mol. The maximum absolute atomic E-state index is 11.4. The number of carbonyl (C=O) groups excluding carboxylic acids is 1. The molecule has 0 bridgehead atoms. The van der Waals surface area contributed by atoms with Crippen molar-refractivity contribution in [1.29, 1.82) is 0 Å². The zero-order valence-electron chi connectivity index (χ0n) is 10.3. The van der Waals surface area contributed by atoms with E-state index in [1.165, 1.54) is 19.4 Å². The van der Waals surface area contributed by atoms with E-state index in [0.29, 0.717) is 13.2 Å². The number of carboxylic acid groups (broad SMARTS) is 1. The van der Waals surface area contributed by atoms with Crippen molar-refractivity contribution in [3.05, 3.63) is 22.8 Å². The van der Waals surface area contributed by atoms with Crippen LogP contribution < -0.4 is 10.6 Å². The number of nitrogens with one attached hydrogen (secondary N) is 2. The van der Waals surface area contributed by atoms with Crippen molar-refractivity contribution in [2.45, 2.75) is 0 Å². The summed E-state index contributed by atoms with van der Waals surface area (Å²) >= 11 is 5.67. The third kappa shape index (κ3) is 5.11. The van der Waals surface area contributed by atoms with E-state index in [9.17, 15) is 9.59 Å². The topological polar surface area (TPSA) is 101 Å². The average Bonchev–Trinajstić information content (AvgIpc) is 2.37. The number of anilines is 1. The van der Waals surface area contributed by atoms with Crippen LogP contribution in [0, 0.1) is 0 Å². The molecule has 0 unspecified atom stereocenters. The molecule has 1 amide bonds. The van der Waals surface area contributed by atoms with E-state index in [-0.39, 0.29) is 28.9 Å². The van der Waals surface area contributed by atoms with Crippen LogP contribution in [0.25, 0.3) is 0 Å². The largest absolute Gasteiger partial charge is 0.478 e. The molecule has 1 rings (SSSR count). The predicted molar refractivity (Wildman–Crippen MR) is 69.6 cm³/mol. The van der Waals surface area contributed by atoms with Crippen LogP contribution in [0.15, 0.2) is 12.3 Å². The molecule has 7 nitrogen and oxygen atoms in total. The highest BCUT2D eigenvalue weighted by Gasteiger charge is 2.10. The maximum Gasteiger partial charge on any atom is 0.337 e. The van der Waals surface area contributed by atoms with E-state index >= 15 is 0 Å². The minimum atomic E-state index is -1.15. The summed E-state index contributed by atoms with van der Waals surface area (Å²) < 4.78 is 4.78. The number of amides is 1. The Bertz CT molecular complexity index is 467. The summed E-state index contributed by atoms with van der Waals surface area (Å²) in [5.41, 5.74) is -0.0704. The van der Waals surface area contributed by atoms with Gasteiger partial charge in [0, 0.05) is 19.9 Å². The molecule has 0 fully saturated rings. The molecule has 19 heavy (non-hydrogen) atoms. The summed E-state index contributed by atoms with van der Waals surface area (Å²) in [6.45, 7) is 0.816. The Morgan fingerprint density at radius 3 is 2.89 bits per heavy atom. The number of nitrogens with zero attached hydrogens (tertiary/aromatic N) is 1. The second kappa shape index (κ2) is 7.55. The van der Waals surface area contributed by atoms with Gasteiger partial charge in [0.2, 0.25) is 5.91 Å². The van der Waals surface area contributed by atoms with Gasteiger partial charge >= 0.3 is 5.97 Å². The van der Waals surface area contributed by atoms with Crippen molar-refractivity contribution in [3.63, 3.8) is 0 Å². The molecular formula is C11H14ClN3O4. The van der Waals surface area contributed by atoms with Crippen LogP contribution in [0.2, 0.25) is 5.02 Å². The van der Waals surface area contributed by atoms with E-state index < -0.39 is 5.97 Å². The van der Waals surface area contributed by atoms with Gasteiger partial charge in [0.25, 0.3) is 0 Å². The number of rotatable bonds is 7. The van der Waals surface area contributed by atoms with Crippen LogP contribution in [-0.4, -0.2) is 48.8 Å². The van der Waals surface area contributed by atoms with Gasteiger partial charge in [-0.15, -0.1) is 0 Å². The van der Waals surface area contributed by atoms with Crippen molar-refractivity contribution in [2.75, 3.05) is 32.1 Å². The molecule has 0 aliphatic heterocycles. The number of aromatic nitrogens is 1. The van der Waals surface area contributed by atoms with Crippen molar-refractivity contribution in [2.24, 2.45) is 0 Å². The number of pyridine rings is 1.